The lowest BCUT2D eigenvalue weighted by atomic mass is 10.0. The highest BCUT2D eigenvalue weighted by atomic mass is 16.5. The molecule has 0 rings (SSSR count). The van der Waals surface area contributed by atoms with Crippen LogP contribution >= 0.6 is 0 Å². The van der Waals surface area contributed by atoms with Crippen LogP contribution in [0.4, 0.5) is 0 Å². The highest BCUT2D eigenvalue weighted by Gasteiger charge is 2.08. The van der Waals surface area contributed by atoms with Gasteiger partial charge in [0, 0.05) is 12.8 Å². The van der Waals surface area contributed by atoms with Gasteiger partial charge in [0.1, 0.15) is 0 Å². The number of carbonyl (C=O) groups is 2. The number of carboxylic acids is 1. The van der Waals surface area contributed by atoms with Crippen LogP contribution in [0.1, 0.15) is 136 Å². The summed E-state index contributed by atoms with van der Waals surface area (Å²) in [7, 11) is 0. The summed E-state index contributed by atoms with van der Waals surface area (Å²) < 4.78 is 5.55. The Balaban J connectivity index is 3.48. The number of esters is 1. The summed E-state index contributed by atoms with van der Waals surface area (Å²) in [5.74, 6) is -0.747. The molecule has 0 aliphatic rings. The van der Waals surface area contributed by atoms with Crippen LogP contribution in [0.3, 0.4) is 0 Å². The molecule has 1 atom stereocenters. The molecule has 0 amide bonds. The molecule has 1 N–H and O–H groups in total. The van der Waals surface area contributed by atoms with Gasteiger partial charge in [-0.3, -0.25) is 9.59 Å². The summed E-state index contributed by atoms with van der Waals surface area (Å²) in [6.07, 6.45) is 36.6. The molecule has 0 aliphatic carbocycles. The Morgan fingerprint density at radius 1 is 0.639 bits per heavy atom. The van der Waals surface area contributed by atoms with Gasteiger partial charge in [-0.15, -0.1) is 0 Å². The summed E-state index contributed by atoms with van der Waals surface area (Å²) in [5, 5.41) is 8.61. The molecule has 0 aliphatic heterocycles. The lowest BCUT2D eigenvalue weighted by Gasteiger charge is -2.13. The fourth-order valence-electron chi connectivity index (χ4n) is 3.92. The first-order valence-electron chi connectivity index (χ1n) is 14.6. The van der Waals surface area contributed by atoms with Crippen LogP contribution in [0, 0.1) is 0 Å². The van der Waals surface area contributed by atoms with Crippen molar-refractivity contribution in [3.05, 3.63) is 48.6 Å². The van der Waals surface area contributed by atoms with E-state index in [4.69, 9.17) is 9.84 Å². The largest absolute Gasteiger partial charge is 0.481 e. The summed E-state index contributed by atoms with van der Waals surface area (Å²) in [4.78, 5) is 22.5. The van der Waals surface area contributed by atoms with Crippen LogP contribution in [-0.4, -0.2) is 23.1 Å². The second-order valence-corrected chi connectivity index (χ2v) is 9.66. The van der Waals surface area contributed by atoms with Gasteiger partial charge in [0.15, 0.2) is 0 Å². The zero-order valence-electron chi connectivity index (χ0n) is 23.3. The first-order chi connectivity index (χ1) is 17.6. The maximum atomic E-state index is 12.0. The Labute approximate surface area is 222 Å². The van der Waals surface area contributed by atoms with E-state index in [9.17, 15) is 9.59 Å². The topological polar surface area (TPSA) is 63.6 Å². The smallest absolute Gasteiger partial charge is 0.306 e. The van der Waals surface area contributed by atoms with E-state index < -0.39 is 5.97 Å². The predicted molar refractivity (Wildman–Crippen MR) is 153 cm³/mol. The molecule has 0 saturated carbocycles. The van der Waals surface area contributed by atoms with E-state index in [0.717, 1.165) is 77.0 Å². The molecule has 0 bridgehead atoms. The number of ether oxygens (including phenoxy) is 1. The number of unbranched alkanes of at least 4 members (excludes halogenated alkanes) is 10. The summed E-state index contributed by atoms with van der Waals surface area (Å²) in [6.45, 7) is 4.16. The van der Waals surface area contributed by atoms with Gasteiger partial charge in [-0.2, -0.15) is 0 Å². The van der Waals surface area contributed by atoms with E-state index in [2.05, 4.69) is 55.5 Å². The first kappa shape index (κ1) is 33.9. The molecular weight excluding hydrogens is 448 g/mol. The second kappa shape index (κ2) is 27.5. The standard InChI is InChI=1S/C32H54O4/c1-3-4-5-6-7-8-9-10-11-12-13-17-20-23-26-29-32(35)36-30(2)27-24-21-18-15-14-16-19-22-25-28-31(33)34/h4-5,7-8,10-11,13,17,30H,3,6,9,12,14-16,18-29H2,1-2H3,(H,33,34)/b5-4-,8-7-,11-10-,17-13-. The number of hydrogen-bond donors (Lipinski definition) is 1. The molecule has 0 saturated heterocycles. The third kappa shape index (κ3) is 28.1. The summed E-state index contributed by atoms with van der Waals surface area (Å²) >= 11 is 0. The fourth-order valence-corrected chi connectivity index (χ4v) is 3.92. The van der Waals surface area contributed by atoms with Crippen molar-refractivity contribution in [2.24, 2.45) is 0 Å². The minimum Gasteiger partial charge on any atom is -0.481 e. The summed E-state index contributed by atoms with van der Waals surface area (Å²) in [6, 6.07) is 0. The van der Waals surface area contributed by atoms with Crippen molar-refractivity contribution in [3.8, 4) is 0 Å². The first-order valence-corrected chi connectivity index (χ1v) is 14.6. The van der Waals surface area contributed by atoms with E-state index in [1.54, 1.807) is 0 Å². The molecule has 0 radical (unpaired) electrons. The zero-order valence-corrected chi connectivity index (χ0v) is 23.3. The quantitative estimate of drug-likeness (QED) is 0.0766. The van der Waals surface area contributed by atoms with E-state index >= 15 is 0 Å². The molecule has 0 aromatic carbocycles. The molecule has 0 heterocycles. The molecular formula is C32H54O4. The maximum Gasteiger partial charge on any atom is 0.306 e. The number of allylic oxidation sites excluding steroid dienone is 8. The van der Waals surface area contributed by atoms with Gasteiger partial charge in [-0.05, 0) is 71.1 Å². The minimum absolute atomic E-state index is 0.0149. The molecule has 0 spiro atoms. The van der Waals surface area contributed by atoms with E-state index in [1.165, 1.54) is 32.1 Å². The highest BCUT2D eigenvalue weighted by Crippen LogP contribution is 2.13. The van der Waals surface area contributed by atoms with Crippen LogP contribution in [0.2, 0.25) is 0 Å². The van der Waals surface area contributed by atoms with Crippen LogP contribution in [0.5, 0.6) is 0 Å². The minimum atomic E-state index is -0.687. The van der Waals surface area contributed by atoms with Gasteiger partial charge in [-0.25, -0.2) is 0 Å². The van der Waals surface area contributed by atoms with Gasteiger partial charge < -0.3 is 9.84 Å². The fraction of sp³-hybridized carbons (Fsp3) is 0.688. The lowest BCUT2D eigenvalue weighted by molar-refractivity contribution is -0.148. The molecule has 206 valence electrons. The van der Waals surface area contributed by atoms with Crippen LogP contribution in [0.25, 0.3) is 0 Å². The molecule has 4 heteroatoms. The number of rotatable bonds is 25. The molecule has 4 nitrogen and oxygen atoms in total. The normalized spacial score (nSPS) is 12.9. The number of carboxylic acid groups (broad SMARTS) is 1. The Hall–Kier alpha value is -2.10. The van der Waals surface area contributed by atoms with Crippen LogP contribution < -0.4 is 0 Å². The van der Waals surface area contributed by atoms with Crippen molar-refractivity contribution in [2.45, 2.75) is 142 Å². The monoisotopic (exact) mass is 502 g/mol. The zero-order chi connectivity index (χ0) is 26.5. The van der Waals surface area contributed by atoms with Crippen molar-refractivity contribution in [2.75, 3.05) is 0 Å². The Bertz CT molecular complexity index is 630. The molecule has 36 heavy (non-hydrogen) atoms. The molecule has 0 fully saturated rings. The average molecular weight is 503 g/mol. The molecule has 0 aromatic rings. The van der Waals surface area contributed by atoms with Crippen molar-refractivity contribution in [3.63, 3.8) is 0 Å². The van der Waals surface area contributed by atoms with Crippen molar-refractivity contribution < 1.29 is 19.4 Å². The Morgan fingerprint density at radius 3 is 1.67 bits per heavy atom. The number of hydrogen-bond acceptors (Lipinski definition) is 3. The SMILES string of the molecule is CC/C=C\C/C=C\C/C=C\C/C=C\CCCCC(=O)OC(C)CCCCCCCCCCCC(=O)O. The third-order valence-electron chi connectivity index (χ3n) is 6.05. The number of carbonyl (C=O) groups excluding carboxylic acids is 1. The van der Waals surface area contributed by atoms with Crippen LogP contribution in [-0.2, 0) is 14.3 Å². The molecule has 1 unspecified atom stereocenters. The predicted octanol–water partition coefficient (Wildman–Crippen LogP) is 9.66. The van der Waals surface area contributed by atoms with Gasteiger partial charge in [-0.1, -0.05) is 100 Å². The van der Waals surface area contributed by atoms with Crippen molar-refractivity contribution in [1.82, 2.24) is 0 Å². The van der Waals surface area contributed by atoms with Gasteiger partial charge >= 0.3 is 11.9 Å². The van der Waals surface area contributed by atoms with E-state index in [1.807, 2.05) is 6.92 Å². The highest BCUT2D eigenvalue weighted by molar-refractivity contribution is 5.69. The van der Waals surface area contributed by atoms with Gasteiger partial charge in [0.25, 0.3) is 0 Å². The Morgan fingerprint density at radius 2 is 1.11 bits per heavy atom. The van der Waals surface area contributed by atoms with E-state index in [-0.39, 0.29) is 12.1 Å². The number of aliphatic carboxylic acids is 1. The third-order valence-corrected chi connectivity index (χ3v) is 6.05. The van der Waals surface area contributed by atoms with Crippen molar-refractivity contribution in [1.29, 1.82) is 0 Å². The average Bonchev–Trinajstić information content (AvgIpc) is 2.84. The second-order valence-electron chi connectivity index (χ2n) is 9.66. The van der Waals surface area contributed by atoms with Gasteiger partial charge in [0.05, 0.1) is 6.10 Å². The van der Waals surface area contributed by atoms with Crippen LogP contribution in [0.15, 0.2) is 48.6 Å². The summed E-state index contributed by atoms with van der Waals surface area (Å²) in [5.41, 5.74) is 0. The molecule has 0 aromatic heterocycles. The van der Waals surface area contributed by atoms with E-state index in [0.29, 0.717) is 12.8 Å². The van der Waals surface area contributed by atoms with Crippen molar-refractivity contribution >= 4 is 11.9 Å². The Kier molecular flexibility index (Phi) is 25.9. The van der Waals surface area contributed by atoms with Gasteiger partial charge in [0.2, 0.25) is 0 Å². The maximum absolute atomic E-state index is 12.0. The lowest BCUT2D eigenvalue weighted by Crippen LogP contribution is -2.14.